The Labute approximate surface area is 93.2 Å². The molecule has 0 radical (unpaired) electrons. The van der Waals surface area contributed by atoms with Gasteiger partial charge in [0.15, 0.2) is 6.61 Å². The molecule has 1 aromatic heterocycles. The number of pyridine rings is 1. The van der Waals surface area contributed by atoms with Gasteiger partial charge in [-0.05, 0) is 12.1 Å². The summed E-state index contributed by atoms with van der Waals surface area (Å²) in [6.45, 7) is -0.812. The van der Waals surface area contributed by atoms with E-state index in [1.54, 1.807) is 0 Å². The summed E-state index contributed by atoms with van der Waals surface area (Å²) in [7, 11) is 0. The van der Waals surface area contributed by atoms with E-state index in [1.165, 1.54) is 24.5 Å². The summed E-state index contributed by atoms with van der Waals surface area (Å²) < 4.78 is 43.3. The van der Waals surface area contributed by atoms with Gasteiger partial charge in [0.05, 0.1) is 6.20 Å². The van der Waals surface area contributed by atoms with Crippen LogP contribution in [0.5, 0.6) is 5.75 Å². The van der Waals surface area contributed by atoms with Crippen LogP contribution in [0.15, 0.2) is 24.5 Å². The van der Waals surface area contributed by atoms with Crippen molar-refractivity contribution < 1.29 is 32.2 Å². The molecule has 0 aliphatic rings. The molecule has 0 fully saturated rings. The predicted octanol–water partition coefficient (Wildman–Crippen LogP) is 1.09. The number of hydrogen-bond donors (Lipinski definition) is 0. The maximum absolute atomic E-state index is 11.7. The van der Waals surface area contributed by atoms with Gasteiger partial charge in [0.25, 0.3) is 0 Å². The number of alkyl halides is 3. The molecule has 0 saturated heterocycles. The van der Waals surface area contributed by atoms with Crippen LogP contribution in [0.25, 0.3) is 0 Å². The van der Waals surface area contributed by atoms with Crippen molar-refractivity contribution in [3.05, 3.63) is 24.5 Å². The minimum Gasteiger partial charge on any atom is -0.480 e. The molecule has 0 saturated carbocycles. The third-order valence-corrected chi connectivity index (χ3v) is 1.43. The van der Waals surface area contributed by atoms with Crippen LogP contribution < -0.4 is 4.74 Å². The van der Waals surface area contributed by atoms with Gasteiger partial charge in [-0.3, -0.25) is 4.98 Å². The number of rotatable bonds is 3. The first-order valence-electron chi connectivity index (χ1n) is 4.24. The Morgan fingerprint density at radius 3 is 2.59 bits per heavy atom. The Morgan fingerprint density at radius 1 is 1.35 bits per heavy atom. The first kappa shape index (κ1) is 12.9. The lowest BCUT2D eigenvalue weighted by Crippen LogP contribution is -2.30. The van der Waals surface area contributed by atoms with Crippen LogP contribution in [0, 0.1) is 0 Å². The zero-order valence-electron chi connectivity index (χ0n) is 8.23. The van der Waals surface area contributed by atoms with Gasteiger partial charge in [-0.1, -0.05) is 0 Å². The van der Waals surface area contributed by atoms with Gasteiger partial charge in [-0.15, -0.1) is 0 Å². The third kappa shape index (κ3) is 4.49. The van der Waals surface area contributed by atoms with Gasteiger partial charge < -0.3 is 9.47 Å². The number of halogens is 3. The second-order valence-electron chi connectivity index (χ2n) is 2.74. The second-order valence-corrected chi connectivity index (χ2v) is 2.74. The first-order valence-corrected chi connectivity index (χ1v) is 4.24. The predicted molar refractivity (Wildman–Crippen MR) is 46.9 cm³/mol. The van der Waals surface area contributed by atoms with Crippen molar-refractivity contribution in [2.24, 2.45) is 0 Å². The number of hydrogen-bond acceptors (Lipinski definition) is 5. The standard InChI is InChI=1S/C9H6F3NO4/c10-9(11,12)8(15)17-7(14)5-16-6-2-1-3-13-4-6/h1-4H,5H2. The van der Waals surface area contributed by atoms with Crippen LogP contribution in [0.4, 0.5) is 13.2 Å². The number of carbonyl (C=O) groups excluding carboxylic acids is 2. The fourth-order valence-corrected chi connectivity index (χ4v) is 0.765. The molecule has 0 atom stereocenters. The molecule has 0 bridgehead atoms. The Morgan fingerprint density at radius 2 is 2.06 bits per heavy atom. The van der Waals surface area contributed by atoms with Gasteiger partial charge >= 0.3 is 18.1 Å². The topological polar surface area (TPSA) is 65.5 Å². The summed E-state index contributed by atoms with van der Waals surface area (Å²) in [6, 6.07) is 2.94. The highest BCUT2D eigenvalue weighted by atomic mass is 19.4. The van der Waals surface area contributed by atoms with Crippen LogP contribution in [-0.4, -0.2) is 29.7 Å². The SMILES string of the molecule is O=C(COc1cccnc1)OC(=O)C(F)(F)F. The van der Waals surface area contributed by atoms with Crippen molar-refractivity contribution >= 4 is 11.9 Å². The van der Waals surface area contributed by atoms with Crippen LogP contribution in [0.3, 0.4) is 0 Å². The summed E-state index contributed by atoms with van der Waals surface area (Å²) in [6.07, 6.45) is -2.51. The van der Waals surface area contributed by atoms with Crippen molar-refractivity contribution in [1.82, 2.24) is 4.98 Å². The van der Waals surface area contributed by atoms with Crippen molar-refractivity contribution in [2.45, 2.75) is 6.18 Å². The van der Waals surface area contributed by atoms with E-state index in [4.69, 9.17) is 4.74 Å². The molecule has 1 heterocycles. The number of nitrogens with zero attached hydrogens (tertiary/aromatic N) is 1. The van der Waals surface area contributed by atoms with E-state index in [0.29, 0.717) is 0 Å². The largest absolute Gasteiger partial charge is 0.491 e. The van der Waals surface area contributed by atoms with E-state index >= 15 is 0 Å². The molecular weight excluding hydrogens is 243 g/mol. The summed E-state index contributed by atoms with van der Waals surface area (Å²) in [5, 5.41) is 0. The lowest BCUT2D eigenvalue weighted by atomic mass is 10.5. The number of esters is 2. The van der Waals surface area contributed by atoms with Crippen LogP contribution in [0.1, 0.15) is 0 Å². The van der Waals surface area contributed by atoms with Gasteiger partial charge in [0.2, 0.25) is 0 Å². The summed E-state index contributed by atoms with van der Waals surface area (Å²) in [5.41, 5.74) is 0. The molecule has 0 aromatic carbocycles. The van der Waals surface area contributed by atoms with Crippen molar-refractivity contribution in [2.75, 3.05) is 6.61 Å². The second kappa shape index (κ2) is 5.28. The Hall–Kier alpha value is -2.12. The van der Waals surface area contributed by atoms with E-state index < -0.39 is 24.7 Å². The van der Waals surface area contributed by atoms with E-state index in [1.807, 2.05) is 0 Å². The molecule has 0 aliphatic carbocycles. The highest BCUT2D eigenvalue weighted by molar-refractivity contribution is 5.89. The van der Waals surface area contributed by atoms with E-state index in [0.717, 1.165) is 0 Å². The quantitative estimate of drug-likeness (QED) is 0.592. The first-order chi connectivity index (χ1) is 7.89. The molecule has 92 valence electrons. The fraction of sp³-hybridized carbons (Fsp3) is 0.222. The molecule has 1 rings (SSSR count). The molecule has 1 aromatic rings. The molecule has 0 unspecified atom stereocenters. The van der Waals surface area contributed by atoms with Crippen LogP contribution >= 0.6 is 0 Å². The maximum atomic E-state index is 11.7. The minimum absolute atomic E-state index is 0.170. The highest BCUT2D eigenvalue weighted by Gasteiger charge is 2.42. The van der Waals surface area contributed by atoms with Gasteiger partial charge in [0, 0.05) is 6.20 Å². The zero-order chi connectivity index (χ0) is 12.9. The third-order valence-electron chi connectivity index (χ3n) is 1.43. The average Bonchev–Trinajstić information content (AvgIpc) is 2.26. The lowest BCUT2D eigenvalue weighted by molar-refractivity contribution is -0.202. The lowest BCUT2D eigenvalue weighted by Gasteiger charge is -2.06. The molecule has 0 aliphatic heterocycles. The van der Waals surface area contributed by atoms with E-state index in [9.17, 15) is 22.8 Å². The summed E-state index contributed by atoms with van der Waals surface area (Å²) in [4.78, 5) is 24.7. The molecule has 17 heavy (non-hydrogen) atoms. The minimum atomic E-state index is -5.20. The molecule has 0 spiro atoms. The maximum Gasteiger partial charge on any atom is 0.491 e. The van der Waals surface area contributed by atoms with Gasteiger partial charge in [-0.25, -0.2) is 9.59 Å². The summed E-state index contributed by atoms with van der Waals surface area (Å²) >= 11 is 0. The Bertz CT molecular complexity index is 404. The van der Waals surface area contributed by atoms with Crippen molar-refractivity contribution in [3.8, 4) is 5.75 Å². The fourth-order valence-electron chi connectivity index (χ4n) is 0.765. The van der Waals surface area contributed by atoms with Crippen molar-refractivity contribution in [1.29, 1.82) is 0 Å². The Kier molecular flexibility index (Phi) is 4.02. The van der Waals surface area contributed by atoms with Crippen LogP contribution in [-0.2, 0) is 14.3 Å². The molecule has 8 heteroatoms. The van der Waals surface area contributed by atoms with E-state index in [-0.39, 0.29) is 5.75 Å². The van der Waals surface area contributed by atoms with Crippen LogP contribution in [0.2, 0.25) is 0 Å². The summed E-state index contributed by atoms with van der Waals surface area (Å²) in [5.74, 6) is -3.84. The van der Waals surface area contributed by atoms with Gasteiger partial charge in [-0.2, -0.15) is 13.2 Å². The van der Waals surface area contributed by atoms with Crippen molar-refractivity contribution in [3.63, 3.8) is 0 Å². The molecular formula is C9H6F3NO4. The average molecular weight is 249 g/mol. The van der Waals surface area contributed by atoms with Gasteiger partial charge in [0.1, 0.15) is 5.75 Å². The van der Waals surface area contributed by atoms with E-state index in [2.05, 4.69) is 9.72 Å². The number of carbonyl (C=O) groups is 2. The monoisotopic (exact) mass is 249 g/mol. The molecule has 5 nitrogen and oxygen atoms in total. The Balaban J connectivity index is 2.39. The number of aromatic nitrogens is 1. The molecule has 0 amide bonds. The number of ether oxygens (including phenoxy) is 2. The highest BCUT2D eigenvalue weighted by Crippen LogP contribution is 2.16. The molecule has 0 N–H and O–H groups in total. The smallest absolute Gasteiger partial charge is 0.480 e. The zero-order valence-corrected chi connectivity index (χ0v) is 8.23. The normalized spacial score (nSPS) is 10.8.